The highest BCUT2D eigenvalue weighted by molar-refractivity contribution is 6.69. The lowest BCUT2D eigenvalue weighted by Gasteiger charge is -2.44. The summed E-state index contributed by atoms with van der Waals surface area (Å²) in [6, 6.07) is 11.0. The maximum atomic E-state index is 6.85. The largest absolute Gasteiger partial charge is 0.412 e. The molecule has 1 aliphatic carbocycles. The molecule has 0 N–H and O–H groups in total. The molecule has 1 nitrogen and oxygen atoms in total. The molecule has 0 saturated heterocycles. The van der Waals surface area contributed by atoms with Gasteiger partial charge in [-0.25, -0.2) is 0 Å². The first-order valence-corrected chi connectivity index (χ1v) is 13.1. The van der Waals surface area contributed by atoms with Crippen LogP contribution in [0.5, 0.6) is 0 Å². The van der Waals surface area contributed by atoms with Gasteiger partial charge in [0.1, 0.15) is 0 Å². The van der Waals surface area contributed by atoms with Gasteiger partial charge in [0.15, 0.2) is 8.32 Å². The van der Waals surface area contributed by atoms with Gasteiger partial charge in [-0.05, 0) is 69.6 Å². The van der Waals surface area contributed by atoms with Gasteiger partial charge in [-0.2, -0.15) is 0 Å². The van der Waals surface area contributed by atoms with Crippen LogP contribution in [0.2, 0.25) is 19.6 Å². The van der Waals surface area contributed by atoms with Crippen molar-refractivity contribution in [1.29, 1.82) is 0 Å². The van der Waals surface area contributed by atoms with Gasteiger partial charge in [-0.15, -0.1) is 0 Å². The van der Waals surface area contributed by atoms with Crippen molar-refractivity contribution in [2.75, 3.05) is 0 Å². The van der Waals surface area contributed by atoms with Gasteiger partial charge in [0.05, 0.1) is 5.60 Å². The molecule has 23 heavy (non-hydrogen) atoms. The summed E-state index contributed by atoms with van der Waals surface area (Å²) in [6.45, 7) is 9.43. The Morgan fingerprint density at radius 3 is 2.48 bits per heavy atom. The van der Waals surface area contributed by atoms with E-state index in [9.17, 15) is 0 Å². The van der Waals surface area contributed by atoms with E-state index in [1.807, 2.05) is 0 Å². The van der Waals surface area contributed by atoms with Crippen LogP contribution in [0.3, 0.4) is 0 Å². The standard InChI is InChI=1S/C21H36OSi/c1-5-21(22-23(2,3)4)18-11-7-10-16-20(21)17-12-15-19-13-8-6-9-14-19/h6,8-9,13-14,20H,5,7,10-12,15-18H2,1-4H3/t20-,21+/m1/s1. The third kappa shape index (κ3) is 5.76. The SMILES string of the molecule is CC[C@]1(O[Si](C)(C)C)CCCCC[C@@H]1CCCc1ccccc1. The van der Waals surface area contributed by atoms with Crippen LogP contribution in [0.1, 0.15) is 63.9 Å². The number of rotatable bonds is 7. The molecule has 130 valence electrons. The molecule has 0 aromatic heterocycles. The zero-order valence-electron chi connectivity index (χ0n) is 15.7. The minimum Gasteiger partial charge on any atom is -0.412 e. The predicted octanol–water partition coefficient (Wildman–Crippen LogP) is 6.59. The van der Waals surface area contributed by atoms with Crippen LogP contribution in [0.4, 0.5) is 0 Å². The lowest BCUT2D eigenvalue weighted by atomic mass is 9.78. The summed E-state index contributed by atoms with van der Waals surface area (Å²) >= 11 is 0. The lowest BCUT2D eigenvalue weighted by Crippen LogP contribution is -2.47. The Morgan fingerprint density at radius 2 is 1.83 bits per heavy atom. The van der Waals surface area contributed by atoms with Crippen molar-refractivity contribution >= 4 is 8.32 Å². The van der Waals surface area contributed by atoms with Crippen LogP contribution in [0.25, 0.3) is 0 Å². The van der Waals surface area contributed by atoms with E-state index in [1.165, 1.54) is 63.4 Å². The Hall–Kier alpha value is -0.603. The van der Waals surface area contributed by atoms with E-state index in [1.54, 1.807) is 0 Å². The zero-order valence-corrected chi connectivity index (χ0v) is 16.7. The number of benzene rings is 1. The normalized spacial score (nSPS) is 26.0. The Labute approximate surface area is 145 Å². The highest BCUT2D eigenvalue weighted by atomic mass is 28.4. The first kappa shape index (κ1) is 18.7. The summed E-state index contributed by atoms with van der Waals surface area (Å²) in [5.74, 6) is 0.755. The minimum absolute atomic E-state index is 0.164. The molecular weight excluding hydrogens is 296 g/mol. The van der Waals surface area contributed by atoms with Crippen LogP contribution >= 0.6 is 0 Å². The highest BCUT2D eigenvalue weighted by Gasteiger charge is 2.41. The maximum absolute atomic E-state index is 6.85. The third-order valence-electron chi connectivity index (χ3n) is 5.37. The molecule has 0 spiro atoms. The summed E-state index contributed by atoms with van der Waals surface area (Å²) in [5.41, 5.74) is 1.65. The van der Waals surface area contributed by atoms with Crippen molar-refractivity contribution in [3.8, 4) is 0 Å². The third-order valence-corrected chi connectivity index (χ3v) is 6.38. The van der Waals surface area contributed by atoms with Gasteiger partial charge < -0.3 is 4.43 Å². The summed E-state index contributed by atoms with van der Waals surface area (Å²) < 4.78 is 6.85. The molecule has 2 heteroatoms. The first-order valence-electron chi connectivity index (χ1n) is 9.69. The molecule has 1 aromatic carbocycles. The Kier molecular flexibility index (Phi) is 6.91. The van der Waals surface area contributed by atoms with Crippen LogP contribution in [-0.4, -0.2) is 13.9 Å². The van der Waals surface area contributed by atoms with E-state index < -0.39 is 8.32 Å². The van der Waals surface area contributed by atoms with Crippen molar-refractivity contribution in [3.63, 3.8) is 0 Å². The Balaban J connectivity index is 2.01. The zero-order chi connectivity index (χ0) is 16.8. The van der Waals surface area contributed by atoms with E-state index in [-0.39, 0.29) is 5.60 Å². The molecule has 1 aliphatic rings. The van der Waals surface area contributed by atoms with Crippen LogP contribution in [-0.2, 0) is 10.8 Å². The average Bonchev–Trinajstić information content (AvgIpc) is 2.70. The second-order valence-corrected chi connectivity index (χ2v) is 12.7. The van der Waals surface area contributed by atoms with Gasteiger partial charge in [0.2, 0.25) is 0 Å². The van der Waals surface area contributed by atoms with Gasteiger partial charge in [-0.3, -0.25) is 0 Å². The van der Waals surface area contributed by atoms with Crippen LogP contribution in [0, 0.1) is 5.92 Å². The summed E-state index contributed by atoms with van der Waals surface area (Å²) in [6.07, 6.45) is 11.8. The van der Waals surface area contributed by atoms with Crippen molar-refractivity contribution < 1.29 is 4.43 Å². The van der Waals surface area contributed by atoms with Crippen molar-refractivity contribution in [2.24, 2.45) is 5.92 Å². The van der Waals surface area contributed by atoms with E-state index in [4.69, 9.17) is 4.43 Å². The molecule has 0 aliphatic heterocycles. The van der Waals surface area contributed by atoms with Gasteiger partial charge in [-0.1, -0.05) is 56.5 Å². The summed E-state index contributed by atoms with van der Waals surface area (Å²) in [7, 11) is -1.51. The highest BCUT2D eigenvalue weighted by Crippen LogP contribution is 2.42. The van der Waals surface area contributed by atoms with Crippen molar-refractivity contribution in [1.82, 2.24) is 0 Å². The minimum atomic E-state index is -1.51. The fourth-order valence-corrected chi connectivity index (χ4v) is 5.98. The lowest BCUT2D eigenvalue weighted by molar-refractivity contribution is -0.0143. The molecular formula is C21H36OSi. The van der Waals surface area contributed by atoms with Gasteiger partial charge in [0, 0.05) is 0 Å². The number of aryl methyl sites for hydroxylation is 1. The van der Waals surface area contributed by atoms with Gasteiger partial charge >= 0.3 is 0 Å². The monoisotopic (exact) mass is 332 g/mol. The molecule has 0 radical (unpaired) electrons. The van der Waals surface area contributed by atoms with E-state index in [2.05, 4.69) is 56.9 Å². The fourth-order valence-electron chi connectivity index (χ4n) is 4.35. The second kappa shape index (κ2) is 8.48. The number of hydrogen-bond acceptors (Lipinski definition) is 1. The van der Waals surface area contributed by atoms with Crippen molar-refractivity contribution in [3.05, 3.63) is 35.9 Å². The molecule has 1 fully saturated rings. The van der Waals surface area contributed by atoms with Gasteiger partial charge in [0.25, 0.3) is 0 Å². The first-order chi connectivity index (χ1) is 11.0. The summed E-state index contributed by atoms with van der Waals surface area (Å²) in [5, 5.41) is 0. The molecule has 0 unspecified atom stereocenters. The molecule has 2 rings (SSSR count). The summed E-state index contributed by atoms with van der Waals surface area (Å²) in [4.78, 5) is 0. The van der Waals surface area contributed by atoms with E-state index in [0.717, 1.165) is 5.92 Å². The average molecular weight is 333 g/mol. The molecule has 0 heterocycles. The van der Waals surface area contributed by atoms with E-state index >= 15 is 0 Å². The maximum Gasteiger partial charge on any atom is 0.184 e. The van der Waals surface area contributed by atoms with Crippen LogP contribution in [0.15, 0.2) is 30.3 Å². The molecule has 0 amide bonds. The molecule has 0 bridgehead atoms. The Bertz CT molecular complexity index is 451. The second-order valence-electron chi connectivity index (χ2n) is 8.31. The van der Waals surface area contributed by atoms with Crippen molar-refractivity contribution in [2.45, 2.75) is 90.0 Å². The topological polar surface area (TPSA) is 9.23 Å². The fraction of sp³-hybridized carbons (Fsp3) is 0.714. The quantitative estimate of drug-likeness (QED) is 0.404. The predicted molar refractivity (Wildman–Crippen MR) is 103 cm³/mol. The van der Waals surface area contributed by atoms with E-state index in [0.29, 0.717) is 0 Å². The van der Waals surface area contributed by atoms with Crippen LogP contribution < -0.4 is 0 Å². The Morgan fingerprint density at radius 1 is 1.09 bits per heavy atom. The molecule has 1 aromatic rings. The number of hydrogen-bond donors (Lipinski definition) is 0. The molecule has 1 saturated carbocycles. The molecule has 2 atom stereocenters. The smallest absolute Gasteiger partial charge is 0.184 e.